The highest BCUT2D eigenvalue weighted by atomic mass is 16.5. The fourth-order valence-corrected chi connectivity index (χ4v) is 4.91. The van der Waals surface area contributed by atoms with Crippen LogP contribution in [0.5, 0.6) is 17.2 Å². The maximum absolute atomic E-state index is 13.4. The van der Waals surface area contributed by atoms with Gasteiger partial charge < -0.3 is 41.2 Å². The largest absolute Gasteiger partial charge is 0.493 e. The Labute approximate surface area is 269 Å². The molecule has 6 N–H and O–H groups in total. The minimum atomic E-state index is -1.06. The Hall–Kier alpha value is -4.81. The number of benzene rings is 2. The molecule has 250 valence electrons. The molecule has 2 aromatic rings. The molecule has 13 heteroatoms. The van der Waals surface area contributed by atoms with Crippen LogP contribution in [0, 0.1) is 5.92 Å². The van der Waals surface area contributed by atoms with Crippen molar-refractivity contribution in [3.05, 3.63) is 53.6 Å². The van der Waals surface area contributed by atoms with Gasteiger partial charge in [0.05, 0.1) is 25.8 Å². The summed E-state index contributed by atoms with van der Waals surface area (Å²) in [7, 11) is 3.13. The van der Waals surface area contributed by atoms with Crippen LogP contribution in [0.2, 0.25) is 0 Å². The highest BCUT2D eigenvalue weighted by molar-refractivity contribution is 6.00. The number of carbonyl (C=O) groups is 5. The first-order chi connectivity index (χ1) is 22.0. The van der Waals surface area contributed by atoms with Gasteiger partial charge in [-0.1, -0.05) is 32.0 Å². The highest BCUT2D eigenvalue weighted by Crippen LogP contribution is 2.28. The first-order valence-electron chi connectivity index (χ1n) is 15.4. The molecule has 0 unspecified atom stereocenters. The number of para-hydroxylation sites is 1. The SMILES string of the molecule is COc1ccc(CCCNC(=O)[C@@H]2CCC(=O)N[C@@H](CCC(N)=O)C(=O)N[C@@H](C(C)C)COc3ccccc3C(=O)N2)cc1OC. The Balaban J connectivity index is 1.77. The summed E-state index contributed by atoms with van der Waals surface area (Å²) in [6.45, 7) is 4.15. The number of hydrogen-bond donors (Lipinski definition) is 5. The van der Waals surface area contributed by atoms with Crippen molar-refractivity contribution in [3.8, 4) is 17.2 Å². The maximum Gasteiger partial charge on any atom is 0.255 e. The van der Waals surface area contributed by atoms with Gasteiger partial charge >= 0.3 is 0 Å². The molecule has 3 rings (SSSR count). The molecule has 13 nitrogen and oxygen atoms in total. The Morgan fingerprint density at radius 2 is 1.76 bits per heavy atom. The molecule has 0 bridgehead atoms. The van der Waals surface area contributed by atoms with Gasteiger partial charge in [0.2, 0.25) is 23.6 Å². The molecule has 2 aromatic carbocycles. The molecule has 5 amide bonds. The van der Waals surface area contributed by atoms with E-state index in [-0.39, 0.29) is 49.5 Å². The molecule has 46 heavy (non-hydrogen) atoms. The van der Waals surface area contributed by atoms with E-state index in [1.54, 1.807) is 38.5 Å². The second-order valence-electron chi connectivity index (χ2n) is 11.4. The van der Waals surface area contributed by atoms with Crippen molar-refractivity contribution in [2.45, 2.75) is 70.5 Å². The predicted molar refractivity (Wildman–Crippen MR) is 170 cm³/mol. The van der Waals surface area contributed by atoms with Gasteiger partial charge in [0.25, 0.3) is 5.91 Å². The van der Waals surface area contributed by atoms with E-state index in [2.05, 4.69) is 21.3 Å². The highest BCUT2D eigenvalue weighted by Gasteiger charge is 2.29. The van der Waals surface area contributed by atoms with E-state index in [4.69, 9.17) is 19.9 Å². The number of nitrogens with two attached hydrogens (primary N) is 1. The number of amides is 5. The van der Waals surface area contributed by atoms with Crippen LogP contribution in [-0.4, -0.2) is 75.0 Å². The van der Waals surface area contributed by atoms with Crippen LogP contribution >= 0.6 is 0 Å². The molecule has 0 saturated heterocycles. The van der Waals surface area contributed by atoms with Gasteiger partial charge in [0, 0.05) is 19.4 Å². The molecule has 0 aliphatic carbocycles. The lowest BCUT2D eigenvalue weighted by molar-refractivity contribution is -0.130. The van der Waals surface area contributed by atoms with Crippen LogP contribution in [0.1, 0.15) is 61.9 Å². The summed E-state index contributed by atoms with van der Waals surface area (Å²) in [5.74, 6) is -1.16. The quantitative estimate of drug-likeness (QED) is 0.229. The number of primary amides is 1. The fraction of sp³-hybridized carbons (Fsp3) is 0.485. The molecule has 1 aliphatic heterocycles. The number of rotatable bonds is 11. The molecular formula is C33H45N5O8. The fourth-order valence-electron chi connectivity index (χ4n) is 4.91. The summed E-state index contributed by atoms with van der Waals surface area (Å²) in [5.41, 5.74) is 6.52. The first kappa shape index (κ1) is 35.7. The Morgan fingerprint density at radius 1 is 1.02 bits per heavy atom. The second kappa shape index (κ2) is 17.6. The summed E-state index contributed by atoms with van der Waals surface area (Å²) >= 11 is 0. The third kappa shape index (κ3) is 10.7. The lowest BCUT2D eigenvalue weighted by Gasteiger charge is -2.26. The zero-order valence-electron chi connectivity index (χ0n) is 26.9. The molecular weight excluding hydrogens is 594 g/mol. The van der Waals surface area contributed by atoms with E-state index in [0.717, 1.165) is 5.56 Å². The number of hydrogen-bond acceptors (Lipinski definition) is 8. The molecule has 0 fully saturated rings. The van der Waals surface area contributed by atoms with Crippen LogP contribution < -0.4 is 41.2 Å². The number of carbonyl (C=O) groups excluding carboxylic acids is 5. The smallest absolute Gasteiger partial charge is 0.255 e. The van der Waals surface area contributed by atoms with Crippen molar-refractivity contribution >= 4 is 29.5 Å². The first-order valence-corrected chi connectivity index (χ1v) is 15.4. The summed E-state index contributed by atoms with van der Waals surface area (Å²) in [5, 5.41) is 11.2. The van der Waals surface area contributed by atoms with E-state index in [9.17, 15) is 24.0 Å². The van der Waals surface area contributed by atoms with Crippen LogP contribution in [0.4, 0.5) is 0 Å². The topological polar surface area (TPSA) is 187 Å². The molecule has 1 heterocycles. The summed E-state index contributed by atoms with van der Waals surface area (Å²) in [4.78, 5) is 64.5. The zero-order valence-corrected chi connectivity index (χ0v) is 26.9. The number of nitrogens with one attached hydrogen (secondary N) is 4. The minimum absolute atomic E-state index is 0.00212. The molecule has 3 atom stereocenters. The second-order valence-corrected chi connectivity index (χ2v) is 11.4. The molecule has 0 aromatic heterocycles. The Bertz CT molecular complexity index is 1380. The average Bonchev–Trinajstić information content (AvgIpc) is 3.04. The number of aryl methyl sites for hydroxylation is 1. The van der Waals surface area contributed by atoms with E-state index in [0.29, 0.717) is 30.9 Å². The summed E-state index contributed by atoms with van der Waals surface area (Å²) in [6.07, 6.45) is 0.932. The average molecular weight is 640 g/mol. The lowest BCUT2D eigenvalue weighted by Crippen LogP contribution is -2.52. The van der Waals surface area contributed by atoms with E-state index >= 15 is 0 Å². The zero-order chi connectivity index (χ0) is 33.6. The van der Waals surface area contributed by atoms with E-state index in [1.807, 2.05) is 32.0 Å². The number of fused-ring (bicyclic) bond motifs is 1. The summed E-state index contributed by atoms with van der Waals surface area (Å²) in [6, 6.07) is 9.66. The van der Waals surface area contributed by atoms with Gasteiger partial charge in [-0.15, -0.1) is 0 Å². The van der Waals surface area contributed by atoms with Crippen LogP contribution in [-0.2, 0) is 25.6 Å². The molecule has 0 radical (unpaired) electrons. The molecule has 0 spiro atoms. The normalized spacial score (nSPS) is 19.2. The standard InChI is InChI=1S/C33H45N5O8/c1-20(2)25-19-46-26-10-6-5-9-22(26)31(41)37-23(13-16-30(40)36-24(33(43)38-25)12-15-29(34)39)32(42)35-17-7-8-21-11-14-27(44-3)28(18-21)45-4/h5-6,9-11,14,18,20,23-25H,7-8,12-13,15-17,19H2,1-4H3,(H2,34,39)(H,35,42)(H,36,40)(H,37,41)(H,38,43)/t23-,24-,25+/m0/s1. The monoisotopic (exact) mass is 639 g/mol. The van der Waals surface area contributed by atoms with Crippen molar-refractivity contribution in [2.24, 2.45) is 11.7 Å². The van der Waals surface area contributed by atoms with Gasteiger partial charge in [-0.05, 0) is 61.4 Å². The maximum atomic E-state index is 13.4. The van der Waals surface area contributed by atoms with Gasteiger partial charge in [0.15, 0.2) is 11.5 Å². The predicted octanol–water partition coefficient (Wildman–Crippen LogP) is 1.61. The third-order valence-corrected chi connectivity index (χ3v) is 7.68. The van der Waals surface area contributed by atoms with Gasteiger partial charge in [-0.3, -0.25) is 24.0 Å². The lowest BCUT2D eigenvalue weighted by atomic mass is 10.0. The molecule has 0 saturated carbocycles. The van der Waals surface area contributed by atoms with Crippen molar-refractivity contribution in [1.29, 1.82) is 0 Å². The van der Waals surface area contributed by atoms with Crippen molar-refractivity contribution in [3.63, 3.8) is 0 Å². The van der Waals surface area contributed by atoms with Crippen LogP contribution in [0.3, 0.4) is 0 Å². The van der Waals surface area contributed by atoms with Crippen molar-refractivity contribution < 1.29 is 38.2 Å². The van der Waals surface area contributed by atoms with Gasteiger partial charge in [-0.25, -0.2) is 0 Å². The van der Waals surface area contributed by atoms with E-state index in [1.165, 1.54) is 0 Å². The summed E-state index contributed by atoms with van der Waals surface area (Å²) < 4.78 is 16.6. The molecule has 1 aliphatic rings. The van der Waals surface area contributed by atoms with E-state index < -0.39 is 47.7 Å². The van der Waals surface area contributed by atoms with Gasteiger partial charge in [0.1, 0.15) is 24.4 Å². The van der Waals surface area contributed by atoms with Crippen LogP contribution in [0.15, 0.2) is 42.5 Å². The van der Waals surface area contributed by atoms with Crippen molar-refractivity contribution in [1.82, 2.24) is 21.3 Å². The Morgan fingerprint density at radius 3 is 2.46 bits per heavy atom. The number of ether oxygens (including phenoxy) is 3. The van der Waals surface area contributed by atoms with Crippen molar-refractivity contribution in [2.75, 3.05) is 27.4 Å². The minimum Gasteiger partial charge on any atom is -0.493 e. The van der Waals surface area contributed by atoms with Crippen LogP contribution in [0.25, 0.3) is 0 Å². The third-order valence-electron chi connectivity index (χ3n) is 7.68. The number of methoxy groups -OCH3 is 2. The van der Waals surface area contributed by atoms with Gasteiger partial charge in [-0.2, -0.15) is 0 Å². The Kier molecular flexibility index (Phi) is 13.7.